The van der Waals surface area contributed by atoms with Gasteiger partial charge in [0.05, 0.1) is 25.0 Å². The summed E-state index contributed by atoms with van der Waals surface area (Å²) in [6.07, 6.45) is 2.84. The Balaban J connectivity index is 2.07. The first-order chi connectivity index (χ1) is 21.6. The lowest BCUT2D eigenvalue weighted by molar-refractivity contribution is -0.141. The number of carboxylic acid groups (broad SMARTS) is 1. The molecule has 1 aromatic rings. The van der Waals surface area contributed by atoms with E-state index in [4.69, 9.17) is 5.73 Å². The van der Waals surface area contributed by atoms with Crippen LogP contribution < -0.4 is 32.3 Å². The molecule has 0 radical (unpaired) electrons. The van der Waals surface area contributed by atoms with E-state index in [1.54, 1.807) is 30.0 Å². The summed E-state index contributed by atoms with van der Waals surface area (Å²) >= 11 is 0. The largest absolute Gasteiger partial charge is 0.508 e. The number of carboxylic acids is 1. The second-order valence-electron chi connectivity index (χ2n) is 11.3. The molecule has 1 fully saturated rings. The number of carbonyl (C=O) groups is 6. The smallest absolute Gasteiger partial charge is 0.305 e. The molecule has 0 bridgehead atoms. The number of rotatable bonds is 17. The summed E-state index contributed by atoms with van der Waals surface area (Å²) in [4.78, 5) is 76.4. The van der Waals surface area contributed by atoms with E-state index in [2.05, 4.69) is 39.7 Å². The highest BCUT2D eigenvalue weighted by Gasteiger charge is 2.31. The number of nitrogens with one attached hydrogen (secondary N) is 5. The zero-order chi connectivity index (χ0) is 34.6. The van der Waals surface area contributed by atoms with Crippen LogP contribution in [0.5, 0.6) is 5.75 Å². The number of likely N-dealkylation sites (tertiary alicyclic amines) is 1. The highest BCUT2D eigenvalue weighted by molar-refractivity contribution is 5.94. The summed E-state index contributed by atoms with van der Waals surface area (Å²) in [6.45, 7) is 12.4. The van der Waals surface area contributed by atoms with Gasteiger partial charge in [0.1, 0.15) is 23.9 Å². The van der Waals surface area contributed by atoms with Crippen molar-refractivity contribution in [3.05, 3.63) is 54.8 Å². The first-order valence-electron chi connectivity index (χ1n) is 14.9. The number of aromatic hydroxyl groups is 1. The van der Waals surface area contributed by atoms with Gasteiger partial charge in [0.2, 0.25) is 29.5 Å². The van der Waals surface area contributed by atoms with E-state index in [9.17, 15) is 39.0 Å². The van der Waals surface area contributed by atoms with Crippen molar-refractivity contribution in [2.75, 3.05) is 13.1 Å². The lowest BCUT2D eigenvalue weighted by Crippen LogP contribution is -2.56. The minimum absolute atomic E-state index is 0.0401. The molecule has 46 heavy (non-hydrogen) atoms. The summed E-state index contributed by atoms with van der Waals surface area (Å²) in [6, 6.07) is 0.908. The van der Waals surface area contributed by atoms with Crippen molar-refractivity contribution in [1.29, 1.82) is 0 Å². The Kier molecular flexibility index (Phi) is 14.2. The van der Waals surface area contributed by atoms with Gasteiger partial charge in [0, 0.05) is 18.3 Å². The van der Waals surface area contributed by atoms with Crippen molar-refractivity contribution in [2.24, 2.45) is 5.73 Å². The van der Waals surface area contributed by atoms with Crippen LogP contribution in [0.15, 0.2) is 49.2 Å². The van der Waals surface area contributed by atoms with E-state index in [-0.39, 0.29) is 36.4 Å². The fourth-order valence-corrected chi connectivity index (χ4v) is 4.72. The van der Waals surface area contributed by atoms with Gasteiger partial charge in [-0.15, -0.1) is 6.58 Å². The Bertz CT molecular complexity index is 1300. The number of hydrogen-bond donors (Lipinski definition) is 8. The number of nitrogens with two attached hydrogens (primary N) is 1. The third-order valence-electron chi connectivity index (χ3n) is 7.37. The van der Waals surface area contributed by atoms with Gasteiger partial charge in [-0.2, -0.15) is 0 Å². The van der Waals surface area contributed by atoms with Gasteiger partial charge in [-0.05, 0) is 57.7 Å². The molecule has 6 atom stereocenters. The molecule has 4 unspecified atom stereocenters. The number of phenolic OH excluding ortho intramolecular Hbond substituents is 1. The van der Waals surface area contributed by atoms with Crippen LogP contribution in [0.25, 0.3) is 0 Å². The van der Waals surface area contributed by atoms with Gasteiger partial charge in [0.25, 0.3) is 0 Å². The number of aliphatic carboxylic acids is 1. The Morgan fingerprint density at radius 2 is 1.59 bits per heavy atom. The van der Waals surface area contributed by atoms with E-state index in [1.165, 1.54) is 26.0 Å². The normalized spacial score (nSPS) is 17.3. The molecule has 2 rings (SSSR count). The van der Waals surface area contributed by atoms with Gasteiger partial charge in [-0.3, -0.25) is 28.8 Å². The van der Waals surface area contributed by atoms with Gasteiger partial charge in [0.15, 0.2) is 0 Å². The minimum atomic E-state index is -1.48. The highest BCUT2D eigenvalue weighted by atomic mass is 16.4. The molecule has 1 heterocycles. The van der Waals surface area contributed by atoms with E-state index < -0.39 is 66.2 Å². The molecule has 1 saturated heterocycles. The molecule has 1 aromatic carbocycles. The second-order valence-corrected chi connectivity index (χ2v) is 11.3. The maximum atomic E-state index is 13.2. The summed E-state index contributed by atoms with van der Waals surface area (Å²) in [5.74, 6) is -4.32. The maximum Gasteiger partial charge on any atom is 0.305 e. The number of phenols is 1. The molecule has 0 aliphatic carbocycles. The van der Waals surface area contributed by atoms with Gasteiger partial charge in [-0.25, -0.2) is 0 Å². The Morgan fingerprint density at radius 3 is 2.17 bits per heavy atom. The number of nitrogens with zero attached hydrogens (tertiary/aromatic N) is 1. The molecule has 1 aliphatic rings. The number of amides is 5. The predicted octanol–water partition coefficient (Wildman–Crippen LogP) is -0.984. The van der Waals surface area contributed by atoms with Crippen LogP contribution in [0, 0.1) is 0 Å². The Labute approximate surface area is 268 Å². The van der Waals surface area contributed by atoms with Crippen LogP contribution in [0.3, 0.4) is 0 Å². The molecule has 15 nitrogen and oxygen atoms in total. The van der Waals surface area contributed by atoms with Gasteiger partial charge >= 0.3 is 5.97 Å². The lowest BCUT2D eigenvalue weighted by Gasteiger charge is -2.27. The molecule has 0 saturated carbocycles. The third kappa shape index (κ3) is 11.5. The van der Waals surface area contributed by atoms with E-state index in [1.807, 2.05) is 0 Å². The molecular formula is C31H45N7O8. The van der Waals surface area contributed by atoms with Crippen LogP contribution >= 0.6 is 0 Å². The van der Waals surface area contributed by atoms with Crippen molar-refractivity contribution < 1.29 is 39.0 Å². The molecule has 252 valence electrons. The molecule has 0 aromatic heterocycles. The van der Waals surface area contributed by atoms with Crippen LogP contribution in [-0.2, 0) is 35.2 Å². The Morgan fingerprint density at radius 1 is 0.957 bits per heavy atom. The van der Waals surface area contributed by atoms with Crippen LogP contribution in [0.2, 0.25) is 0 Å². The third-order valence-corrected chi connectivity index (χ3v) is 7.37. The van der Waals surface area contributed by atoms with Crippen LogP contribution in [0.4, 0.5) is 0 Å². The standard InChI is InChI=1S/C31H45N7O8/c1-6-22-8-7-13-38(22)31(46)20(5)34-26(40)16-33-18(3)24(14-21-9-11-23(39)12-10-21)36-29(44)19(4)35-30(45)25(15-27(41)42)37-28(43)17(2)32/h6,9-12,17,19-20,22,24-25,33,39H,1,3,7-8,13-16,32H2,2,4-5H3,(H,34,40)(H,35,45)(H,36,44)(H,37,43)(H,41,42)/t17-,19-,20?,22?,24?,25?/m0/s1. The first kappa shape index (κ1) is 37.3. The molecule has 9 N–H and O–H groups in total. The SMILES string of the molecule is C=CC1CCCN1C(=O)C(C)NC(=O)CNC(=C)C(Cc1ccc(O)cc1)NC(=O)[C@H](C)NC(=O)C(CC(=O)O)NC(=O)[C@H](C)N. The van der Waals surface area contributed by atoms with Crippen LogP contribution in [0.1, 0.15) is 45.6 Å². The summed E-state index contributed by atoms with van der Waals surface area (Å²) in [7, 11) is 0. The van der Waals surface area contributed by atoms with E-state index in [0.29, 0.717) is 12.1 Å². The van der Waals surface area contributed by atoms with Gasteiger partial charge < -0.3 is 47.4 Å². The topological polar surface area (TPSA) is 232 Å². The predicted molar refractivity (Wildman–Crippen MR) is 169 cm³/mol. The fourth-order valence-electron chi connectivity index (χ4n) is 4.72. The molecular weight excluding hydrogens is 598 g/mol. The molecule has 0 spiro atoms. The second kappa shape index (κ2) is 17.5. The van der Waals surface area contributed by atoms with Crippen molar-refractivity contribution in [2.45, 2.75) is 82.7 Å². The average molecular weight is 644 g/mol. The monoisotopic (exact) mass is 643 g/mol. The minimum Gasteiger partial charge on any atom is -0.508 e. The van der Waals surface area contributed by atoms with Crippen molar-refractivity contribution in [1.82, 2.24) is 31.5 Å². The number of hydrogen-bond acceptors (Lipinski definition) is 9. The lowest BCUT2D eigenvalue weighted by atomic mass is 10.0. The fraction of sp³-hybridized carbons (Fsp3) is 0.484. The van der Waals surface area contributed by atoms with E-state index >= 15 is 0 Å². The molecule has 15 heteroatoms. The van der Waals surface area contributed by atoms with Crippen molar-refractivity contribution in [3.63, 3.8) is 0 Å². The molecule has 1 aliphatic heterocycles. The van der Waals surface area contributed by atoms with Crippen LogP contribution in [-0.4, -0.2) is 100.0 Å². The first-order valence-corrected chi connectivity index (χ1v) is 14.9. The number of carbonyl (C=O) groups excluding carboxylic acids is 5. The van der Waals surface area contributed by atoms with Crippen molar-refractivity contribution >= 4 is 35.5 Å². The Hall–Kier alpha value is -4.92. The highest BCUT2D eigenvalue weighted by Crippen LogP contribution is 2.19. The molecule has 5 amide bonds. The maximum absolute atomic E-state index is 13.2. The summed E-state index contributed by atoms with van der Waals surface area (Å²) in [5, 5.41) is 31.8. The zero-order valence-electron chi connectivity index (χ0n) is 26.4. The summed E-state index contributed by atoms with van der Waals surface area (Å²) < 4.78 is 0. The average Bonchev–Trinajstić information content (AvgIpc) is 3.48. The van der Waals surface area contributed by atoms with Gasteiger partial charge in [-0.1, -0.05) is 24.8 Å². The summed E-state index contributed by atoms with van der Waals surface area (Å²) in [5.41, 5.74) is 6.45. The van der Waals surface area contributed by atoms with E-state index in [0.717, 1.165) is 12.8 Å². The number of benzene rings is 1. The van der Waals surface area contributed by atoms with Crippen molar-refractivity contribution in [3.8, 4) is 5.75 Å². The quantitative estimate of drug-likeness (QED) is 0.0967. The zero-order valence-corrected chi connectivity index (χ0v) is 26.4.